The van der Waals surface area contributed by atoms with E-state index in [-0.39, 0.29) is 6.10 Å². The molecule has 1 amide bonds. The van der Waals surface area contributed by atoms with Crippen molar-refractivity contribution in [1.29, 1.82) is 0 Å². The van der Waals surface area contributed by atoms with Gasteiger partial charge in [0.1, 0.15) is 17.6 Å². The number of likely N-dealkylation sites (tertiary alicyclic amines) is 1. The molecule has 0 radical (unpaired) electrons. The van der Waals surface area contributed by atoms with Crippen molar-refractivity contribution in [2.24, 2.45) is 0 Å². The fraction of sp³-hybridized carbons (Fsp3) is 0.455. The lowest BCUT2D eigenvalue weighted by molar-refractivity contribution is 0.145. The maximum Gasteiger partial charge on any atom is 0.407 e. The molecule has 1 saturated heterocycles. The van der Waals surface area contributed by atoms with Crippen LogP contribution in [0.4, 0.5) is 4.79 Å². The summed E-state index contributed by atoms with van der Waals surface area (Å²) < 4.78 is 10.7. The Balaban J connectivity index is 1.95. The molecule has 6 heteroatoms. The molecule has 1 fully saturated rings. The van der Waals surface area contributed by atoms with E-state index >= 15 is 0 Å². The summed E-state index contributed by atoms with van der Waals surface area (Å²) in [4.78, 5) is 16.1. The molecule has 1 aromatic rings. The van der Waals surface area contributed by atoms with Crippen molar-refractivity contribution in [3.05, 3.63) is 18.5 Å². The summed E-state index contributed by atoms with van der Waals surface area (Å²) in [7, 11) is 1.56. The molecule has 1 aliphatic heterocycles. The van der Waals surface area contributed by atoms with Crippen molar-refractivity contribution in [3.8, 4) is 11.5 Å². The van der Waals surface area contributed by atoms with Crippen LogP contribution in [0.15, 0.2) is 18.5 Å². The largest absolute Gasteiger partial charge is 0.495 e. The number of carboxylic acid groups (broad SMARTS) is 1. The molecule has 1 N–H and O–H groups in total. The van der Waals surface area contributed by atoms with E-state index in [0.29, 0.717) is 31.0 Å². The van der Waals surface area contributed by atoms with Crippen LogP contribution in [0.2, 0.25) is 0 Å². The highest BCUT2D eigenvalue weighted by Gasteiger charge is 2.27. The molecule has 1 unspecified atom stereocenters. The summed E-state index contributed by atoms with van der Waals surface area (Å²) in [5.74, 6) is 1.22. The summed E-state index contributed by atoms with van der Waals surface area (Å²) in [6, 6.07) is 1.73. The van der Waals surface area contributed by atoms with Gasteiger partial charge in [0.2, 0.25) is 0 Å². The first-order valence-electron chi connectivity index (χ1n) is 5.32. The molecular weight excluding hydrogens is 224 g/mol. The Morgan fingerprint density at radius 1 is 1.53 bits per heavy atom. The van der Waals surface area contributed by atoms with Gasteiger partial charge in [-0.15, -0.1) is 0 Å². The lowest BCUT2D eigenvalue weighted by atomic mass is 10.3. The second kappa shape index (κ2) is 4.90. The molecule has 1 atom stereocenters. The molecule has 0 aliphatic carbocycles. The van der Waals surface area contributed by atoms with Crippen molar-refractivity contribution in [2.75, 3.05) is 20.2 Å². The van der Waals surface area contributed by atoms with Crippen molar-refractivity contribution in [1.82, 2.24) is 9.88 Å². The second-order valence-corrected chi connectivity index (χ2v) is 3.82. The SMILES string of the molecule is COc1cncc(OC2CCN(C(=O)O)C2)c1. The van der Waals surface area contributed by atoms with Crippen LogP contribution in [-0.4, -0.2) is 47.4 Å². The molecule has 0 saturated carbocycles. The number of ether oxygens (including phenoxy) is 2. The molecule has 2 heterocycles. The van der Waals surface area contributed by atoms with Crippen molar-refractivity contribution < 1.29 is 19.4 Å². The normalized spacial score (nSPS) is 19.1. The summed E-state index contributed by atoms with van der Waals surface area (Å²) in [5.41, 5.74) is 0. The van der Waals surface area contributed by atoms with Crippen LogP contribution in [0.1, 0.15) is 6.42 Å². The van der Waals surface area contributed by atoms with E-state index < -0.39 is 6.09 Å². The van der Waals surface area contributed by atoms with Gasteiger partial charge in [-0.1, -0.05) is 0 Å². The standard InChI is InChI=1S/C11H14N2O4/c1-16-9-4-10(6-12-5-9)17-8-2-3-13(7-8)11(14)15/h4-6,8H,2-3,7H2,1H3,(H,14,15). The van der Waals surface area contributed by atoms with Gasteiger partial charge in [-0.2, -0.15) is 0 Å². The van der Waals surface area contributed by atoms with Crippen LogP contribution in [-0.2, 0) is 0 Å². The van der Waals surface area contributed by atoms with E-state index in [9.17, 15) is 4.79 Å². The Labute approximate surface area is 98.8 Å². The molecular formula is C11H14N2O4. The van der Waals surface area contributed by atoms with Crippen LogP contribution in [0.5, 0.6) is 11.5 Å². The minimum Gasteiger partial charge on any atom is -0.495 e. The van der Waals surface area contributed by atoms with Crippen LogP contribution < -0.4 is 9.47 Å². The Kier molecular flexibility index (Phi) is 3.32. The Bertz CT molecular complexity index is 410. The van der Waals surface area contributed by atoms with Crippen LogP contribution >= 0.6 is 0 Å². The highest BCUT2D eigenvalue weighted by molar-refractivity contribution is 5.65. The predicted octanol–water partition coefficient (Wildman–Crippen LogP) is 1.22. The highest BCUT2D eigenvalue weighted by Crippen LogP contribution is 2.21. The van der Waals surface area contributed by atoms with E-state index in [2.05, 4.69) is 4.98 Å². The summed E-state index contributed by atoms with van der Waals surface area (Å²) in [6.45, 7) is 0.907. The van der Waals surface area contributed by atoms with Gasteiger partial charge in [-0.05, 0) is 0 Å². The third kappa shape index (κ3) is 2.77. The van der Waals surface area contributed by atoms with Gasteiger partial charge in [0, 0.05) is 19.0 Å². The average Bonchev–Trinajstić information content (AvgIpc) is 2.78. The van der Waals surface area contributed by atoms with Gasteiger partial charge < -0.3 is 19.5 Å². The van der Waals surface area contributed by atoms with E-state index in [0.717, 1.165) is 0 Å². The lowest BCUT2D eigenvalue weighted by Gasteiger charge is -2.14. The van der Waals surface area contributed by atoms with Gasteiger partial charge in [0.25, 0.3) is 0 Å². The smallest absolute Gasteiger partial charge is 0.407 e. The Morgan fingerprint density at radius 3 is 2.94 bits per heavy atom. The molecule has 2 rings (SSSR count). The van der Waals surface area contributed by atoms with Crippen LogP contribution in [0, 0.1) is 0 Å². The van der Waals surface area contributed by atoms with Gasteiger partial charge >= 0.3 is 6.09 Å². The number of hydrogen-bond donors (Lipinski definition) is 1. The fourth-order valence-corrected chi connectivity index (χ4v) is 1.77. The third-order valence-electron chi connectivity index (χ3n) is 2.64. The Hall–Kier alpha value is -1.98. The molecule has 1 aromatic heterocycles. The number of carbonyl (C=O) groups is 1. The first kappa shape index (κ1) is 11.5. The second-order valence-electron chi connectivity index (χ2n) is 3.82. The molecule has 17 heavy (non-hydrogen) atoms. The quantitative estimate of drug-likeness (QED) is 0.857. The topological polar surface area (TPSA) is 71.9 Å². The number of rotatable bonds is 3. The zero-order valence-electron chi connectivity index (χ0n) is 9.50. The Morgan fingerprint density at radius 2 is 2.29 bits per heavy atom. The number of amides is 1. The van der Waals surface area contributed by atoms with E-state index in [1.807, 2.05) is 0 Å². The summed E-state index contributed by atoms with van der Waals surface area (Å²) in [6.07, 6.45) is 2.86. The van der Waals surface area contributed by atoms with Crippen molar-refractivity contribution in [3.63, 3.8) is 0 Å². The fourth-order valence-electron chi connectivity index (χ4n) is 1.77. The van der Waals surface area contributed by atoms with Crippen LogP contribution in [0.3, 0.4) is 0 Å². The number of aromatic nitrogens is 1. The summed E-state index contributed by atoms with van der Waals surface area (Å²) in [5, 5.41) is 8.82. The predicted molar refractivity (Wildman–Crippen MR) is 59.4 cm³/mol. The van der Waals surface area contributed by atoms with Crippen molar-refractivity contribution in [2.45, 2.75) is 12.5 Å². The number of nitrogens with zero attached hydrogens (tertiary/aromatic N) is 2. The van der Waals surface area contributed by atoms with E-state index in [1.165, 1.54) is 4.90 Å². The first-order chi connectivity index (χ1) is 8.19. The molecule has 6 nitrogen and oxygen atoms in total. The zero-order chi connectivity index (χ0) is 12.3. The minimum atomic E-state index is -0.903. The van der Waals surface area contributed by atoms with Crippen molar-refractivity contribution >= 4 is 6.09 Å². The van der Waals surface area contributed by atoms with E-state index in [1.54, 1.807) is 25.6 Å². The zero-order valence-corrected chi connectivity index (χ0v) is 9.50. The van der Waals surface area contributed by atoms with Gasteiger partial charge in [-0.25, -0.2) is 4.79 Å². The average molecular weight is 238 g/mol. The van der Waals surface area contributed by atoms with Gasteiger partial charge in [0.05, 0.1) is 26.0 Å². The van der Waals surface area contributed by atoms with Crippen LogP contribution in [0.25, 0.3) is 0 Å². The molecule has 1 aliphatic rings. The molecule has 92 valence electrons. The number of pyridine rings is 1. The summed E-state index contributed by atoms with van der Waals surface area (Å²) >= 11 is 0. The molecule has 0 bridgehead atoms. The maximum atomic E-state index is 10.7. The number of methoxy groups -OCH3 is 1. The van der Waals surface area contributed by atoms with Gasteiger partial charge in [0.15, 0.2) is 0 Å². The third-order valence-corrected chi connectivity index (χ3v) is 2.64. The first-order valence-corrected chi connectivity index (χ1v) is 5.32. The van der Waals surface area contributed by atoms with E-state index in [4.69, 9.17) is 14.6 Å². The minimum absolute atomic E-state index is 0.111. The molecule has 0 spiro atoms. The maximum absolute atomic E-state index is 10.7. The monoisotopic (exact) mass is 238 g/mol. The molecule has 0 aromatic carbocycles. The lowest BCUT2D eigenvalue weighted by Crippen LogP contribution is -2.29. The number of hydrogen-bond acceptors (Lipinski definition) is 4. The van der Waals surface area contributed by atoms with Gasteiger partial charge in [-0.3, -0.25) is 4.98 Å². The highest BCUT2D eigenvalue weighted by atomic mass is 16.5.